The SMILES string of the molecule is O=C(NCC1CCOC1)c1cccs1. The van der Waals surface area contributed by atoms with Gasteiger partial charge >= 0.3 is 0 Å². The number of rotatable bonds is 3. The van der Waals surface area contributed by atoms with Gasteiger partial charge < -0.3 is 10.1 Å². The van der Waals surface area contributed by atoms with Crippen LogP contribution in [-0.2, 0) is 4.74 Å². The molecule has 0 spiro atoms. The third kappa shape index (κ3) is 2.33. The smallest absolute Gasteiger partial charge is 0.261 e. The van der Waals surface area contributed by atoms with Crippen LogP contribution >= 0.6 is 11.3 Å². The quantitative estimate of drug-likeness (QED) is 0.823. The molecule has 1 saturated heterocycles. The summed E-state index contributed by atoms with van der Waals surface area (Å²) < 4.78 is 5.23. The van der Waals surface area contributed by atoms with E-state index in [0.717, 1.165) is 31.1 Å². The molecule has 1 aromatic heterocycles. The van der Waals surface area contributed by atoms with Crippen LogP contribution in [0.15, 0.2) is 17.5 Å². The first kappa shape index (κ1) is 9.68. The highest BCUT2D eigenvalue weighted by Gasteiger charge is 2.16. The molecule has 1 aliphatic rings. The summed E-state index contributed by atoms with van der Waals surface area (Å²) in [6.07, 6.45) is 1.06. The summed E-state index contributed by atoms with van der Waals surface area (Å²) in [5.74, 6) is 0.533. The second-order valence-electron chi connectivity index (χ2n) is 3.42. The number of thiophene rings is 1. The minimum Gasteiger partial charge on any atom is -0.381 e. The molecule has 4 heteroatoms. The van der Waals surface area contributed by atoms with Gasteiger partial charge in [0.05, 0.1) is 11.5 Å². The van der Waals surface area contributed by atoms with E-state index < -0.39 is 0 Å². The lowest BCUT2D eigenvalue weighted by molar-refractivity contribution is 0.0949. The van der Waals surface area contributed by atoms with E-state index in [1.54, 1.807) is 0 Å². The molecule has 3 nitrogen and oxygen atoms in total. The van der Waals surface area contributed by atoms with Crippen LogP contribution in [-0.4, -0.2) is 25.7 Å². The van der Waals surface area contributed by atoms with Crippen LogP contribution in [0.25, 0.3) is 0 Å². The molecule has 1 aliphatic heterocycles. The molecule has 2 heterocycles. The number of nitrogens with one attached hydrogen (secondary N) is 1. The Balaban J connectivity index is 1.78. The van der Waals surface area contributed by atoms with Gasteiger partial charge in [-0.05, 0) is 17.9 Å². The fourth-order valence-electron chi connectivity index (χ4n) is 1.48. The monoisotopic (exact) mass is 211 g/mol. The zero-order chi connectivity index (χ0) is 9.80. The summed E-state index contributed by atoms with van der Waals surface area (Å²) in [6, 6.07) is 3.73. The number of carbonyl (C=O) groups is 1. The average Bonchev–Trinajstić information content (AvgIpc) is 2.87. The van der Waals surface area contributed by atoms with Crippen molar-refractivity contribution in [3.8, 4) is 0 Å². The van der Waals surface area contributed by atoms with E-state index in [1.165, 1.54) is 11.3 Å². The van der Waals surface area contributed by atoms with Crippen molar-refractivity contribution in [1.82, 2.24) is 5.32 Å². The molecule has 0 bridgehead atoms. The molecule has 0 radical (unpaired) electrons. The van der Waals surface area contributed by atoms with E-state index in [-0.39, 0.29) is 5.91 Å². The van der Waals surface area contributed by atoms with Gasteiger partial charge in [-0.25, -0.2) is 0 Å². The number of amides is 1. The molecular weight excluding hydrogens is 198 g/mol. The summed E-state index contributed by atoms with van der Waals surface area (Å²) in [5.41, 5.74) is 0. The molecule has 0 aliphatic carbocycles. The Labute approximate surface area is 87.1 Å². The van der Waals surface area contributed by atoms with Crippen LogP contribution in [0, 0.1) is 5.92 Å². The maximum Gasteiger partial charge on any atom is 0.261 e. The first-order valence-corrected chi connectivity index (χ1v) is 5.63. The van der Waals surface area contributed by atoms with E-state index in [0.29, 0.717) is 5.92 Å². The van der Waals surface area contributed by atoms with Gasteiger partial charge in [-0.1, -0.05) is 6.07 Å². The zero-order valence-electron chi connectivity index (χ0n) is 7.86. The fraction of sp³-hybridized carbons (Fsp3) is 0.500. The van der Waals surface area contributed by atoms with Gasteiger partial charge in [0.25, 0.3) is 5.91 Å². The number of ether oxygens (including phenoxy) is 1. The van der Waals surface area contributed by atoms with Crippen molar-refractivity contribution in [1.29, 1.82) is 0 Å². The van der Waals surface area contributed by atoms with Crippen LogP contribution in [0.2, 0.25) is 0 Å². The van der Waals surface area contributed by atoms with Crippen LogP contribution in [0.4, 0.5) is 0 Å². The summed E-state index contributed by atoms with van der Waals surface area (Å²) in [5, 5.41) is 4.83. The number of hydrogen-bond donors (Lipinski definition) is 1. The maximum absolute atomic E-state index is 11.5. The van der Waals surface area contributed by atoms with E-state index >= 15 is 0 Å². The topological polar surface area (TPSA) is 38.3 Å². The van der Waals surface area contributed by atoms with Gasteiger partial charge in [-0.2, -0.15) is 0 Å². The van der Waals surface area contributed by atoms with Crippen LogP contribution in [0.3, 0.4) is 0 Å². The predicted octanol–water partition coefficient (Wildman–Crippen LogP) is 1.51. The fourth-order valence-corrected chi connectivity index (χ4v) is 2.12. The largest absolute Gasteiger partial charge is 0.381 e. The second-order valence-corrected chi connectivity index (χ2v) is 4.36. The highest BCUT2D eigenvalue weighted by Crippen LogP contribution is 2.12. The molecular formula is C10H13NO2S. The maximum atomic E-state index is 11.5. The lowest BCUT2D eigenvalue weighted by Crippen LogP contribution is -2.28. The lowest BCUT2D eigenvalue weighted by atomic mass is 10.1. The van der Waals surface area contributed by atoms with Crippen molar-refractivity contribution >= 4 is 17.2 Å². The normalized spacial score (nSPS) is 21.0. The highest BCUT2D eigenvalue weighted by atomic mass is 32.1. The molecule has 76 valence electrons. The highest BCUT2D eigenvalue weighted by molar-refractivity contribution is 7.12. The Kier molecular flexibility index (Phi) is 3.16. The zero-order valence-corrected chi connectivity index (χ0v) is 8.68. The Morgan fingerprint density at radius 2 is 2.64 bits per heavy atom. The standard InChI is InChI=1S/C10H13NO2S/c12-10(9-2-1-5-14-9)11-6-8-3-4-13-7-8/h1-2,5,8H,3-4,6-7H2,(H,11,12). The van der Waals surface area contributed by atoms with Crippen molar-refractivity contribution in [2.24, 2.45) is 5.92 Å². The molecule has 14 heavy (non-hydrogen) atoms. The molecule has 1 fully saturated rings. The average molecular weight is 211 g/mol. The van der Waals surface area contributed by atoms with Gasteiger partial charge in [0.2, 0.25) is 0 Å². The second kappa shape index (κ2) is 4.57. The molecule has 1 amide bonds. The summed E-state index contributed by atoms with van der Waals surface area (Å²) in [4.78, 5) is 12.3. The van der Waals surface area contributed by atoms with Crippen LogP contribution in [0.1, 0.15) is 16.1 Å². The predicted molar refractivity (Wildman–Crippen MR) is 55.6 cm³/mol. The van der Waals surface area contributed by atoms with Crippen LogP contribution in [0.5, 0.6) is 0 Å². The van der Waals surface area contributed by atoms with E-state index in [1.807, 2.05) is 17.5 Å². The minimum absolute atomic E-state index is 0.0342. The number of carbonyl (C=O) groups excluding carboxylic acids is 1. The van der Waals surface area contributed by atoms with Gasteiger partial charge in [0, 0.05) is 19.1 Å². The van der Waals surface area contributed by atoms with Crippen LogP contribution < -0.4 is 5.32 Å². The third-order valence-corrected chi connectivity index (χ3v) is 3.19. The summed E-state index contributed by atoms with van der Waals surface area (Å²) in [7, 11) is 0. The molecule has 1 atom stereocenters. The van der Waals surface area contributed by atoms with E-state index in [9.17, 15) is 4.79 Å². The summed E-state index contributed by atoms with van der Waals surface area (Å²) >= 11 is 1.47. The molecule has 2 rings (SSSR count). The Morgan fingerprint density at radius 1 is 1.71 bits per heavy atom. The molecule has 0 aromatic carbocycles. The first-order valence-electron chi connectivity index (χ1n) is 4.75. The van der Waals surface area contributed by atoms with E-state index in [4.69, 9.17) is 4.74 Å². The third-order valence-electron chi connectivity index (χ3n) is 2.32. The van der Waals surface area contributed by atoms with Crippen molar-refractivity contribution < 1.29 is 9.53 Å². The van der Waals surface area contributed by atoms with Gasteiger partial charge in [-0.3, -0.25) is 4.79 Å². The van der Waals surface area contributed by atoms with Crippen molar-refractivity contribution in [3.05, 3.63) is 22.4 Å². The van der Waals surface area contributed by atoms with Gasteiger partial charge in [0.1, 0.15) is 0 Å². The summed E-state index contributed by atoms with van der Waals surface area (Å²) in [6.45, 7) is 2.35. The Hall–Kier alpha value is -0.870. The molecule has 1 unspecified atom stereocenters. The molecule has 0 saturated carbocycles. The van der Waals surface area contributed by atoms with E-state index in [2.05, 4.69) is 5.32 Å². The lowest BCUT2D eigenvalue weighted by Gasteiger charge is -2.07. The first-order chi connectivity index (χ1) is 6.86. The van der Waals surface area contributed by atoms with Gasteiger partial charge in [0.15, 0.2) is 0 Å². The van der Waals surface area contributed by atoms with Gasteiger partial charge in [-0.15, -0.1) is 11.3 Å². The number of hydrogen-bond acceptors (Lipinski definition) is 3. The molecule has 1 N–H and O–H groups in total. The minimum atomic E-state index is 0.0342. The Morgan fingerprint density at radius 3 is 3.29 bits per heavy atom. The van der Waals surface area contributed by atoms with Crippen molar-refractivity contribution in [3.63, 3.8) is 0 Å². The Bertz CT molecular complexity index is 291. The molecule has 1 aromatic rings. The van der Waals surface area contributed by atoms with Crippen molar-refractivity contribution in [2.75, 3.05) is 19.8 Å². The van der Waals surface area contributed by atoms with Crippen molar-refractivity contribution in [2.45, 2.75) is 6.42 Å².